The van der Waals surface area contributed by atoms with Crippen LogP contribution in [0.1, 0.15) is 11.1 Å². The minimum absolute atomic E-state index is 0.00663. The van der Waals surface area contributed by atoms with Crippen LogP contribution in [0.25, 0.3) is 0 Å². The van der Waals surface area contributed by atoms with Crippen LogP contribution >= 0.6 is 0 Å². The van der Waals surface area contributed by atoms with Gasteiger partial charge in [-0.25, -0.2) is 0 Å². The molecule has 102 valence electrons. The van der Waals surface area contributed by atoms with Gasteiger partial charge in [0.1, 0.15) is 0 Å². The third kappa shape index (κ3) is 3.06. The molecule has 3 rings (SSSR count). The van der Waals surface area contributed by atoms with Gasteiger partial charge in [-0.2, -0.15) is 0 Å². The largest absolute Gasteiger partial charge is 0.325 e. The second-order valence-corrected chi connectivity index (χ2v) is 5.17. The maximum atomic E-state index is 11.9. The van der Waals surface area contributed by atoms with E-state index < -0.39 is 0 Å². The predicted octanol–water partition coefficient (Wildman–Crippen LogP) is 2.38. The number of nitrogens with one attached hydrogen (secondary N) is 2. The van der Waals surface area contributed by atoms with Gasteiger partial charge in [0.25, 0.3) is 0 Å². The molecule has 0 fully saturated rings. The van der Waals surface area contributed by atoms with Crippen molar-refractivity contribution < 1.29 is 4.79 Å². The molecular weight excluding hydrogens is 248 g/mol. The Morgan fingerprint density at radius 1 is 0.950 bits per heavy atom. The van der Waals surface area contributed by atoms with Crippen LogP contribution in [-0.2, 0) is 17.6 Å². The number of carbonyl (C=O) groups excluding carboxylic acids is 1. The molecule has 0 bridgehead atoms. The average molecular weight is 266 g/mol. The monoisotopic (exact) mass is 266 g/mol. The molecule has 0 saturated carbocycles. The molecule has 1 aliphatic rings. The van der Waals surface area contributed by atoms with Crippen LogP contribution in [0.15, 0.2) is 54.6 Å². The lowest BCUT2D eigenvalue weighted by Crippen LogP contribution is -2.36. The molecule has 0 unspecified atom stereocenters. The summed E-state index contributed by atoms with van der Waals surface area (Å²) in [5, 5.41) is 6.22. The van der Waals surface area contributed by atoms with Gasteiger partial charge in [0.05, 0.1) is 6.54 Å². The number of hydrogen-bond donors (Lipinski definition) is 2. The molecule has 2 N–H and O–H groups in total. The molecule has 3 heteroatoms. The molecule has 0 aliphatic heterocycles. The van der Waals surface area contributed by atoms with E-state index in [1.807, 2.05) is 30.3 Å². The lowest BCUT2D eigenvalue weighted by molar-refractivity contribution is -0.115. The number of rotatable bonds is 4. The van der Waals surface area contributed by atoms with Crippen LogP contribution in [0.2, 0.25) is 0 Å². The normalized spacial score (nSPS) is 14.0. The molecule has 2 aromatic carbocycles. The molecule has 0 aromatic heterocycles. The first-order valence-corrected chi connectivity index (χ1v) is 6.96. The van der Waals surface area contributed by atoms with Crippen molar-refractivity contribution >= 4 is 11.6 Å². The summed E-state index contributed by atoms with van der Waals surface area (Å²) in [6, 6.07) is 18.4. The highest BCUT2D eigenvalue weighted by molar-refractivity contribution is 5.92. The van der Waals surface area contributed by atoms with Crippen LogP contribution in [0, 0.1) is 0 Å². The Morgan fingerprint density at radius 2 is 1.55 bits per heavy atom. The summed E-state index contributed by atoms with van der Waals surface area (Å²) in [7, 11) is 0. The van der Waals surface area contributed by atoms with Gasteiger partial charge in [0.2, 0.25) is 5.91 Å². The highest BCUT2D eigenvalue weighted by Gasteiger charge is 2.20. The molecular formula is C17H18N2O. The third-order valence-electron chi connectivity index (χ3n) is 3.66. The van der Waals surface area contributed by atoms with Gasteiger partial charge < -0.3 is 10.6 Å². The van der Waals surface area contributed by atoms with E-state index in [-0.39, 0.29) is 5.91 Å². The van der Waals surface area contributed by atoms with Crippen molar-refractivity contribution in [3.63, 3.8) is 0 Å². The van der Waals surface area contributed by atoms with Crippen molar-refractivity contribution in [2.45, 2.75) is 18.9 Å². The predicted molar refractivity (Wildman–Crippen MR) is 80.7 cm³/mol. The summed E-state index contributed by atoms with van der Waals surface area (Å²) >= 11 is 0. The summed E-state index contributed by atoms with van der Waals surface area (Å²) in [6.07, 6.45) is 2.02. The van der Waals surface area contributed by atoms with Crippen molar-refractivity contribution in [2.75, 3.05) is 11.9 Å². The maximum Gasteiger partial charge on any atom is 0.238 e. The summed E-state index contributed by atoms with van der Waals surface area (Å²) < 4.78 is 0. The summed E-state index contributed by atoms with van der Waals surface area (Å²) in [6.45, 7) is 0.355. The summed E-state index contributed by atoms with van der Waals surface area (Å²) in [5.41, 5.74) is 3.64. The van der Waals surface area contributed by atoms with Gasteiger partial charge in [-0.15, -0.1) is 0 Å². The van der Waals surface area contributed by atoms with Gasteiger partial charge in [0, 0.05) is 11.7 Å². The van der Waals surface area contributed by atoms with Crippen molar-refractivity contribution in [3.8, 4) is 0 Å². The Hall–Kier alpha value is -2.13. The number of carbonyl (C=O) groups is 1. The number of amides is 1. The highest BCUT2D eigenvalue weighted by atomic mass is 16.1. The summed E-state index contributed by atoms with van der Waals surface area (Å²) in [4.78, 5) is 11.9. The molecule has 0 atom stereocenters. The molecule has 0 heterocycles. The van der Waals surface area contributed by atoms with E-state index >= 15 is 0 Å². The fourth-order valence-corrected chi connectivity index (χ4v) is 2.67. The number of fused-ring (bicyclic) bond motifs is 1. The van der Waals surface area contributed by atoms with E-state index in [4.69, 9.17) is 0 Å². The van der Waals surface area contributed by atoms with Gasteiger partial charge in [0.15, 0.2) is 0 Å². The number of benzene rings is 2. The highest BCUT2D eigenvalue weighted by Crippen LogP contribution is 2.21. The van der Waals surface area contributed by atoms with Crippen molar-refractivity contribution in [1.29, 1.82) is 0 Å². The fourth-order valence-electron chi connectivity index (χ4n) is 2.67. The zero-order valence-corrected chi connectivity index (χ0v) is 11.3. The van der Waals surface area contributed by atoms with E-state index in [1.165, 1.54) is 11.1 Å². The molecule has 0 spiro atoms. The smallest absolute Gasteiger partial charge is 0.238 e. The van der Waals surface area contributed by atoms with Gasteiger partial charge >= 0.3 is 0 Å². The molecule has 3 nitrogen and oxygen atoms in total. The van der Waals surface area contributed by atoms with E-state index in [1.54, 1.807) is 0 Å². The quantitative estimate of drug-likeness (QED) is 0.892. The van der Waals surface area contributed by atoms with E-state index in [0.29, 0.717) is 12.6 Å². The second kappa shape index (κ2) is 5.88. The Labute approximate surface area is 119 Å². The van der Waals surface area contributed by atoms with E-state index in [0.717, 1.165) is 18.5 Å². The maximum absolute atomic E-state index is 11.9. The first kappa shape index (κ1) is 12.9. The first-order valence-electron chi connectivity index (χ1n) is 6.96. The van der Waals surface area contributed by atoms with Gasteiger partial charge in [-0.1, -0.05) is 42.5 Å². The van der Waals surface area contributed by atoms with Crippen molar-refractivity contribution in [1.82, 2.24) is 5.32 Å². The first-order chi connectivity index (χ1) is 9.81. The van der Waals surface area contributed by atoms with Crippen molar-refractivity contribution in [3.05, 3.63) is 65.7 Å². The lowest BCUT2D eigenvalue weighted by Gasteiger charge is -2.12. The molecule has 2 aromatic rings. The van der Waals surface area contributed by atoms with Crippen LogP contribution in [-0.4, -0.2) is 18.5 Å². The van der Waals surface area contributed by atoms with Crippen molar-refractivity contribution in [2.24, 2.45) is 0 Å². The van der Waals surface area contributed by atoms with Crippen LogP contribution in [0.3, 0.4) is 0 Å². The minimum atomic E-state index is 0.00663. The average Bonchev–Trinajstić information content (AvgIpc) is 2.89. The molecule has 0 saturated heterocycles. The van der Waals surface area contributed by atoms with E-state index in [2.05, 4.69) is 34.9 Å². The molecule has 0 radical (unpaired) electrons. The number of anilines is 1. The Bertz CT molecular complexity index is 570. The number of hydrogen-bond acceptors (Lipinski definition) is 2. The van der Waals surface area contributed by atoms with Gasteiger partial charge in [-0.05, 0) is 36.1 Å². The summed E-state index contributed by atoms with van der Waals surface area (Å²) in [5.74, 6) is 0.00663. The van der Waals surface area contributed by atoms with E-state index in [9.17, 15) is 4.79 Å². The van der Waals surface area contributed by atoms with Gasteiger partial charge in [-0.3, -0.25) is 4.79 Å². The standard InChI is InChI=1S/C17H18N2O/c20-17(19-15-8-2-1-3-9-15)12-18-16-10-13-6-4-5-7-14(13)11-16/h1-9,16,18H,10-12H2,(H,19,20). The SMILES string of the molecule is O=C(CNC1Cc2ccccc2C1)Nc1ccccc1. The Kier molecular flexibility index (Phi) is 3.79. The topological polar surface area (TPSA) is 41.1 Å². The minimum Gasteiger partial charge on any atom is -0.325 e. The molecule has 20 heavy (non-hydrogen) atoms. The number of para-hydroxylation sites is 1. The fraction of sp³-hybridized carbons (Fsp3) is 0.235. The molecule has 1 amide bonds. The van der Waals surface area contributed by atoms with Crippen LogP contribution in [0.5, 0.6) is 0 Å². The Morgan fingerprint density at radius 3 is 2.20 bits per heavy atom. The van der Waals surface area contributed by atoms with Crippen LogP contribution in [0.4, 0.5) is 5.69 Å². The Balaban J connectivity index is 1.48. The van der Waals surface area contributed by atoms with Crippen LogP contribution < -0.4 is 10.6 Å². The zero-order valence-electron chi connectivity index (χ0n) is 11.3. The molecule has 1 aliphatic carbocycles. The lowest BCUT2D eigenvalue weighted by atomic mass is 10.1. The third-order valence-corrected chi connectivity index (χ3v) is 3.66. The second-order valence-electron chi connectivity index (χ2n) is 5.17. The zero-order chi connectivity index (χ0) is 13.8.